The quantitative estimate of drug-likeness (QED) is 0.832. The zero-order valence-electron chi connectivity index (χ0n) is 10.8. The number of sulfonamides is 1. The van der Waals surface area contributed by atoms with Crippen LogP contribution in [-0.2, 0) is 10.0 Å². The Morgan fingerprint density at radius 2 is 2.00 bits per heavy atom. The van der Waals surface area contributed by atoms with Gasteiger partial charge in [0.1, 0.15) is 5.82 Å². The van der Waals surface area contributed by atoms with Gasteiger partial charge in [-0.2, -0.15) is 0 Å². The van der Waals surface area contributed by atoms with Gasteiger partial charge in [-0.05, 0) is 18.6 Å². The SMILES string of the molecule is Cc1cccc(F)c1NS(=O)(=O)CCNC(C)C. The van der Waals surface area contributed by atoms with Crippen molar-refractivity contribution in [2.75, 3.05) is 17.0 Å². The Morgan fingerprint density at radius 1 is 1.33 bits per heavy atom. The van der Waals surface area contributed by atoms with Gasteiger partial charge in [-0.3, -0.25) is 4.72 Å². The second kappa shape index (κ2) is 6.15. The summed E-state index contributed by atoms with van der Waals surface area (Å²) in [5, 5.41) is 3.00. The molecule has 0 amide bonds. The first-order valence-electron chi connectivity index (χ1n) is 5.81. The molecule has 1 aromatic carbocycles. The predicted molar refractivity (Wildman–Crippen MR) is 71.7 cm³/mol. The van der Waals surface area contributed by atoms with Crippen molar-refractivity contribution in [2.45, 2.75) is 26.8 Å². The lowest BCUT2D eigenvalue weighted by molar-refractivity contribution is 0.580. The summed E-state index contributed by atoms with van der Waals surface area (Å²) in [5.74, 6) is -0.644. The Balaban J connectivity index is 2.71. The number of hydrogen-bond donors (Lipinski definition) is 2. The Kier molecular flexibility index (Phi) is 5.10. The zero-order valence-corrected chi connectivity index (χ0v) is 11.6. The van der Waals surface area contributed by atoms with E-state index < -0.39 is 15.8 Å². The molecule has 0 spiro atoms. The summed E-state index contributed by atoms with van der Waals surface area (Å²) >= 11 is 0. The molecule has 4 nitrogen and oxygen atoms in total. The number of hydrogen-bond acceptors (Lipinski definition) is 3. The van der Waals surface area contributed by atoms with Crippen molar-refractivity contribution in [3.8, 4) is 0 Å². The van der Waals surface area contributed by atoms with Gasteiger partial charge in [0, 0.05) is 12.6 Å². The van der Waals surface area contributed by atoms with Crippen LogP contribution in [0, 0.1) is 12.7 Å². The van der Waals surface area contributed by atoms with E-state index in [1.165, 1.54) is 6.07 Å². The molecule has 102 valence electrons. The first-order chi connectivity index (χ1) is 8.32. The van der Waals surface area contributed by atoms with E-state index in [1.54, 1.807) is 19.1 Å². The summed E-state index contributed by atoms with van der Waals surface area (Å²) in [6.07, 6.45) is 0. The fraction of sp³-hybridized carbons (Fsp3) is 0.500. The van der Waals surface area contributed by atoms with E-state index in [1.807, 2.05) is 13.8 Å². The number of aryl methyl sites for hydroxylation is 1. The molecular formula is C12H19FN2O2S. The minimum Gasteiger partial charge on any atom is -0.313 e. The summed E-state index contributed by atoms with van der Waals surface area (Å²) in [4.78, 5) is 0. The second-order valence-electron chi connectivity index (χ2n) is 4.46. The molecule has 0 aliphatic rings. The largest absolute Gasteiger partial charge is 0.313 e. The Hall–Kier alpha value is -1.14. The minimum atomic E-state index is -3.53. The highest BCUT2D eigenvalue weighted by atomic mass is 32.2. The maximum atomic E-state index is 13.5. The Bertz CT molecular complexity index is 481. The van der Waals surface area contributed by atoms with Crippen LogP contribution in [0.5, 0.6) is 0 Å². The molecule has 0 heterocycles. The predicted octanol–water partition coefficient (Wildman–Crippen LogP) is 1.87. The topological polar surface area (TPSA) is 58.2 Å². The van der Waals surface area contributed by atoms with Gasteiger partial charge in [0.05, 0.1) is 11.4 Å². The Labute approximate surface area is 108 Å². The first kappa shape index (κ1) is 14.9. The molecule has 0 aliphatic heterocycles. The van der Waals surface area contributed by atoms with E-state index in [4.69, 9.17) is 0 Å². The number of benzene rings is 1. The molecular weight excluding hydrogens is 255 g/mol. The van der Waals surface area contributed by atoms with Crippen LogP contribution in [0.25, 0.3) is 0 Å². The van der Waals surface area contributed by atoms with Crippen LogP contribution in [0.1, 0.15) is 19.4 Å². The molecule has 0 radical (unpaired) electrons. The third-order valence-electron chi connectivity index (χ3n) is 2.40. The average molecular weight is 274 g/mol. The van der Waals surface area contributed by atoms with Crippen molar-refractivity contribution < 1.29 is 12.8 Å². The first-order valence-corrected chi connectivity index (χ1v) is 7.46. The highest BCUT2D eigenvalue weighted by Gasteiger charge is 2.14. The van der Waals surface area contributed by atoms with E-state index in [-0.39, 0.29) is 17.5 Å². The second-order valence-corrected chi connectivity index (χ2v) is 6.30. The molecule has 0 aliphatic carbocycles. The van der Waals surface area contributed by atoms with Crippen LogP contribution >= 0.6 is 0 Å². The van der Waals surface area contributed by atoms with Crippen LogP contribution in [-0.4, -0.2) is 26.8 Å². The summed E-state index contributed by atoms with van der Waals surface area (Å²) in [6, 6.07) is 4.66. The molecule has 0 fully saturated rings. The van der Waals surface area contributed by atoms with Crippen molar-refractivity contribution >= 4 is 15.7 Å². The van der Waals surface area contributed by atoms with E-state index in [0.29, 0.717) is 12.1 Å². The van der Waals surface area contributed by atoms with Crippen LogP contribution in [0.15, 0.2) is 18.2 Å². The van der Waals surface area contributed by atoms with Crippen LogP contribution in [0.2, 0.25) is 0 Å². The van der Waals surface area contributed by atoms with Gasteiger partial charge in [0.2, 0.25) is 10.0 Å². The van der Waals surface area contributed by atoms with Crippen molar-refractivity contribution in [3.63, 3.8) is 0 Å². The van der Waals surface area contributed by atoms with E-state index in [9.17, 15) is 12.8 Å². The van der Waals surface area contributed by atoms with Crippen LogP contribution < -0.4 is 10.0 Å². The van der Waals surface area contributed by atoms with Gasteiger partial charge in [-0.1, -0.05) is 26.0 Å². The lowest BCUT2D eigenvalue weighted by atomic mass is 10.2. The third-order valence-corrected chi connectivity index (χ3v) is 3.66. The maximum Gasteiger partial charge on any atom is 0.234 e. The molecule has 1 rings (SSSR count). The summed E-state index contributed by atoms with van der Waals surface area (Å²) in [7, 11) is -3.53. The lowest BCUT2D eigenvalue weighted by Gasteiger charge is -2.12. The number of rotatable bonds is 6. The smallest absolute Gasteiger partial charge is 0.234 e. The maximum absolute atomic E-state index is 13.5. The molecule has 0 saturated heterocycles. The van der Waals surface area contributed by atoms with E-state index in [2.05, 4.69) is 10.0 Å². The van der Waals surface area contributed by atoms with Gasteiger partial charge in [-0.25, -0.2) is 12.8 Å². The Morgan fingerprint density at radius 3 is 2.56 bits per heavy atom. The fourth-order valence-electron chi connectivity index (χ4n) is 1.45. The van der Waals surface area contributed by atoms with Gasteiger partial charge < -0.3 is 5.32 Å². The van der Waals surface area contributed by atoms with E-state index >= 15 is 0 Å². The summed E-state index contributed by atoms with van der Waals surface area (Å²) < 4.78 is 39.3. The van der Waals surface area contributed by atoms with Gasteiger partial charge in [0.25, 0.3) is 0 Å². The standard InChI is InChI=1S/C12H19FN2O2S/c1-9(2)14-7-8-18(16,17)15-12-10(3)5-4-6-11(12)13/h4-6,9,14-15H,7-8H2,1-3H3. The molecule has 0 aromatic heterocycles. The average Bonchev–Trinajstić information content (AvgIpc) is 2.23. The zero-order chi connectivity index (χ0) is 13.8. The molecule has 1 aromatic rings. The highest BCUT2D eigenvalue weighted by molar-refractivity contribution is 7.92. The number of para-hydroxylation sites is 1. The third kappa shape index (κ3) is 4.62. The van der Waals surface area contributed by atoms with Gasteiger partial charge in [0.15, 0.2) is 0 Å². The normalized spacial score (nSPS) is 11.8. The summed E-state index contributed by atoms with van der Waals surface area (Å²) in [6.45, 7) is 5.86. The van der Waals surface area contributed by atoms with Gasteiger partial charge in [-0.15, -0.1) is 0 Å². The van der Waals surface area contributed by atoms with Crippen LogP contribution in [0.3, 0.4) is 0 Å². The highest BCUT2D eigenvalue weighted by Crippen LogP contribution is 2.19. The minimum absolute atomic E-state index is 0.0297. The number of halogens is 1. The monoisotopic (exact) mass is 274 g/mol. The molecule has 6 heteroatoms. The van der Waals surface area contributed by atoms with Crippen molar-refractivity contribution in [2.24, 2.45) is 0 Å². The molecule has 0 bridgehead atoms. The van der Waals surface area contributed by atoms with Crippen LogP contribution in [0.4, 0.5) is 10.1 Å². The van der Waals surface area contributed by atoms with Crippen molar-refractivity contribution in [1.82, 2.24) is 5.32 Å². The summed E-state index contributed by atoms with van der Waals surface area (Å²) in [5.41, 5.74) is 0.595. The molecule has 18 heavy (non-hydrogen) atoms. The van der Waals surface area contributed by atoms with Crippen molar-refractivity contribution in [3.05, 3.63) is 29.6 Å². The van der Waals surface area contributed by atoms with Gasteiger partial charge >= 0.3 is 0 Å². The van der Waals surface area contributed by atoms with Crippen molar-refractivity contribution in [1.29, 1.82) is 0 Å². The lowest BCUT2D eigenvalue weighted by Crippen LogP contribution is -2.31. The number of nitrogens with one attached hydrogen (secondary N) is 2. The number of anilines is 1. The molecule has 0 atom stereocenters. The molecule has 0 unspecified atom stereocenters. The van der Waals surface area contributed by atoms with E-state index in [0.717, 1.165) is 0 Å². The fourth-order valence-corrected chi connectivity index (χ4v) is 2.51. The molecule has 2 N–H and O–H groups in total. The molecule has 0 saturated carbocycles.